The Hall–Kier alpha value is -1.46. The van der Waals surface area contributed by atoms with Crippen LogP contribution in [0.15, 0.2) is 15.5 Å². The molecule has 1 saturated heterocycles. The zero-order valence-electron chi connectivity index (χ0n) is 15.4. The number of hydrogen-bond acceptors (Lipinski definition) is 8. The number of sulfone groups is 1. The maximum atomic E-state index is 12.9. The van der Waals surface area contributed by atoms with Crippen molar-refractivity contribution < 1.29 is 13.2 Å². The summed E-state index contributed by atoms with van der Waals surface area (Å²) in [4.78, 5) is 35.7. The van der Waals surface area contributed by atoms with Crippen LogP contribution in [0.5, 0.6) is 0 Å². The summed E-state index contributed by atoms with van der Waals surface area (Å²) in [6.45, 7) is 4.26. The predicted octanol–water partition coefficient (Wildman–Crippen LogP) is 1.25. The molecular weight excluding hydrogens is 408 g/mol. The van der Waals surface area contributed by atoms with E-state index in [0.717, 1.165) is 4.34 Å². The van der Waals surface area contributed by atoms with Gasteiger partial charge >= 0.3 is 0 Å². The molecule has 0 aliphatic carbocycles. The first kappa shape index (κ1) is 20.3. The fourth-order valence-corrected chi connectivity index (χ4v) is 6.33. The van der Waals surface area contributed by atoms with E-state index in [0.29, 0.717) is 23.3 Å². The highest BCUT2D eigenvalue weighted by Gasteiger charge is 2.35. The Labute approximate surface area is 165 Å². The summed E-state index contributed by atoms with van der Waals surface area (Å²) in [7, 11) is -3.10. The lowest BCUT2D eigenvalue weighted by Gasteiger charge is -2.30. The van der Waals surface area contributed by atoms with Gasteiger partial charge in [0, 0.05) is 12.6 Å². The summed E-state index contributed by atoms with van der Waals surface area (Å²) in [6.07, 6.45) is 3.66. The highest BCUT2D eigenvalue weighted by atomic mass is 32.2. The Balaban J connectivity index is 1.86. The average molecular weight is 431 g/mol. The van der Waals surface area contributed by atoms with Crippen molar-refractivity contribution >= 4 is 49.2 Å². The lowest BCUT2D eigenvalue weighted by Crippen LogP contribution is -2.45. The van der Waals surface area contributed by atoms with E-state index in [1.54, 1.807) is 4.90 Å². The van der Waals surface area contributed by atoms with Gasteiger partial charge in [0.05, 0.1) is 11.5 Å². The van der Waals surface area contributed by atoms with Crippen LogP contribution in [0.3, 0.4) is 0 Å². The van der Waals surface area contributed by atoms with E-state index >= 15 is 0 Å². The lowest BCUT2D eigenvalue weighted by molar-refractivity contribution is -0.134. The normalized spacial score (nSPS) is 19.0. The number of hydrogen-bond donors (Lipinski definition) is 0. The number of carbonyl (C=O) groups is 1. The number of aromatic nitrogens is 3. The van der Waals surface area contributed by atoms with Gasteiger partial charge in [0.15, 0.2) is 19.8 Å². The molecule has 0 aromatic carbocycles. The number of nitrogens with zero attached hydrogens (tertiary/aromatic N) is 4. The zero-order chi connectivity index (χ0) is 19.8. The second kappa shape index (κ2) is 7.88. The Morgan fingerprint density at radius 1 is 1.48 bits per heavy atom. The molecule has 3 rings (SSSR count). The van der Waals surface area contributed by atoms with Crippen molar-refractivity contribution in [3.05, 3.63) is 16.7 Å². The van der Waals surface area contributed by atoms with Crippen molar-refractivity contribution in [2.45, 2.75) is 37.2 Å². The maximum Gasteiger partial charge on any atom is 0.273 e. The average Bonchev–Trinajstić information content (AvgIpc) is 3.18. The summed E-state index contributed by atoms with van der Waals surface area (Å²) < 4.78 is 26.1. The number of fused-ring (bicyclic) bond motifs is 1. The van der Waals surface area contributed by atoms with Crippen molar-refractivity contribution in [2.24, 2.45) is 5.92 Å². The molecule has 0 N–H and O–H groups in total. The maximum absolute atomic E-state index is 12.9. The van der Waals surface area contributed by atoms with Crippen molar-refractivity contribution in [1.82, 2.24) is 19.4 Å². The summed E-state index contributed by atoms with van der Waals surface area (Å²) >= 11 is 2.70. The van der Waals surface area contributed by atoms with Gasteiger partial charge in [-0.1, -0.05) is 25.6 Å². The first-order valence-electron chi connectivity index (χ1n) is 8.60. The topological polar surface area (TPSA) is 102 Å². The van der Waals surface area contributed by atoms with Gasteiger partial charge in [-0.2, -0.15) is 0 Å². The zero-order valence-corrected chi connectivity index (χ0v) is 17.9. The summed E-state index contributed by atoms with van der Waals surface area (Å²) in [5.74, 6) is 0.0263. The van der Waals surface area contributed by atoms with E-state index in [-0.39, 0.29) is 41.5 Å². The van der Waals surface area contributed by atoms with Crippen LogP contribution in [0.4, 0.5) is 0 Å². The number of thioether (sulfide) groups is 1. The van der Waals surface area contributed by atoms with E-state index in [4.69, 9.17) is 0 Å². The van der Waals surface area contributed by atoms with E-state index in [1.165, 1.54) is 34.0 Å². The molecule has 1 atom stereocenters. The van der Waals surface area contributed by atoms with Gasteiger partial charge in [0.1, 0.15) is 17.6 Å². The minimum atomic E-state index is -3.10. The Morgan fingerprint density at radius 2 is 2.22 bits per heavy atom. The second-order valence-electron chi connectivity index (χ2n) is 7.01. The standard InChI is InChI=1S/C16H22N4O4S3/c1-10(2)6-20(11-4-5-27(23,24)8-11)12(21)7-19-9-17-14-13(15(19)22)26-16(18-14)25-3/h9-11H,4-8H2,1-3H3. The van der Waals surface area contributed by atoms with Gasteiger partial charge in [-0.05, 0) is 18.6 Å². The SMILES string of the molecule is CSc1nc2ncn(CC(=O)N(CC(C)C)C3CCS(=O)(=O)C3)c(=O)c2s1. The molecule has 8 nitrogen and oxygen atoms in total. The van der Waals surface area contributed by atoms with Crippen LogP contribution in [0, 0.1) is 5.92 Å². The molecule has 0 spiro atoms. The van der Waals surface area contributed by atoms with E-state index in [1.807, 2.05) is 20.1 Å². The molecule has 0 saturated carbocycles. The van der Waals surface area contributed by atoms with Gasteiger partial charge in [-0.25, -0.2) is 18.4 Å². The van der Waals surface area contributed by atoms with Crippen LogP contribution in [0.25, 0.3) is 10.3 Å². The molecule has 27 heavy (non-hydrogen) atoms. The van der Waals surface area contributed by atoms with Crippen LogP contribution >= 0.6 is 23.1 Å². The molecule has 2 aromatic heterocycles. The van der Waals surface area contributed by atoms with Crippen LogP contribution in [-0.4, -0.2) is 64.1 Å². The van der Waals surface area contributed by atoms with Crippen molar-refractivity contribution in [2.75, 3.05) is 24.3 Å². The minimum absolute atomic E-state index is 0.0103. The Bertz CT molecular complexity index is 1010. The molecule has 1 fully saturated rings. The molecular formula is C16H22N4O4S3. The molecule has 1 amide bonds. The molecule has 1 aliphatic heterocycles. The third kappa shape index (κ3) is 4.52. The number of rotatable bonds is 6. The molecule has 0 bridgehead atoms. The van der Waals surface area contributed by atoms with E-state index < -0.39 is 9.84 Å². The molecule has 1 aliphatic rings. The van der Waals surface area contributed by atoms with Crippen molar-refractivity contribution in [3.8, 4) is 0 Å². The second-order valence-corrected chi connectivity index (χ2v) is 11.3. The number of carbonyl (C=O) groups excluding carboxylic acids is 1. The van der Waals surface area contributed by atoms with Gasteiger partial charge in [-0.3, -0.25) is 14.2 Å². The van der Waals surface area contributed by atoms with Crippen molar-refractivity contribution in [3.63, 3.8) is 0 Å². The van der Waals surface area contributed by atoms with Crippen LogP contribution in [0.1, 0.15) is 20.3 Å². The molecule has 0 radical (unpaired) electrons. The van der Waals surface area contributed by atoms with Crippen LogP contribution < -0.4 is 5.56 Å². The smallest absolute Gasteiger partial charge is 0.273 e. The molecule has 3 heterocycles. The molecule has 11 heteroatoms. The van der Waals surface area contributed by atoms with Gasteiger partial charge in [0.25, 0.3) is 5.56 Å². The third-order valence-corrected chi connectivity index (χ3v) is 8.14. The largest absolute Gasteiger partial charge is 0.337 e. The summed E-state index contributed by atoms with van der Waals surface area (Å²) in [6, 6.07) is -0.330. The first-order valence-corrected chi connectivity index (χ1v) is 12.5. The first-order chi connectivity index (χ1) is 12.7. The van der Waals surface area contributed by atoms with Crippen LogP contribution in [-0.2, 0) is 21.2 Å². The predicted molar refractivity (Wildman–Crippen MR) is 107 cm³/mol. The number of thiazole rings is 1. The van der Waals surface area contributed by atoms with Gasteiger partial charge in [-0.15, -0.1) is 11.3 Å². The molecule has 2 aromatic rings. The van der Waals surface area contributed by atoms with Gasteiger partial charge < -0.3 is 4.90 Å². The van der Waals surface area contributed by atoms with Crippen LogP contribution in [0.2, 0.25) is 0 Å². The fourth-order valence-electron chi connectivity index (χ4n) is 3.13. The van der Waals surface area contributed by atoms with Crippen molar-refractivity contribution in [1.29, 1.82) is 0 Å². The van der Waals surface area contributed by atoms with E-state index in [2.05, 4.69) is 9.97 Å². The molecule has 1 unspecified atom stereocenters. The third-order valence-electron chi connectivity index (χ3n) is 4.38. The van der Waals surface area contributed by atoms with E-state index in [9.17, 15) is 18.0 Å². The minimum Gasteiger partial charge on any atom is -0.337 e. The lowest BCUT2D eigenvalue weighted by atomic mass is 10.1. The highest BCUT2D eigenvalue weighted by Crippen LogP contribution is 2.24. The monoisotopic (exact) mass is 430 g/mol. The Kier molecular flexibility index (Phi) is 5.92. The van der Waals surface area contributed by atoms with Gasteiger partial charge in [0.2, 0.25) is 5.91 Å². The number of amides is 1. The molecule has 148 valence electrons. The quantitative estimate of drug-likeness (QED) is 0.636. The summed E-state index contributed by atoms with van der Waals surface area (Å²) in [5.41, 5.74) is 0.0914. The Morgan fingerprint density at radius 3 is 2.81 bits per heavy atom. The fraction of sp³-hybridized carbons (Fsp3) is 0.625. The summed E-state index contributed by atoms with van der Waals surface area (Å²) in [5, 5.41) is 0. The highest BCUT2D eigenvalue weighted by molar-refractivity contribution is 8.00.